The van der Waals surface area contributed by atoms with E-state index in [1.54, 1.807) is 26.4 Å². The number of nitrogens with one attached hydrogen (secondary N) is 1. The molecule has 0 aliphatic carbocycles. The summed E-state index contributed by atoms with van der Waals surface area (Å²) >= 11 is 0. The van der Waals surface area contributed by atoms with Gasteiger partial charge in [0.15, 0.2) is 11.5 Å². The van der Waals surface area contributed by atoms with Crippen LogP contribution in [0.2, 0.25) is 0 Å². The van der Waals surface area contributed by atoms with E-state index in [0.717, 1.165) is 12.0 Å². The van der Waals surface area contributed by atoms with Crippen molar-refractivity contribution in [3.8, 4) is 11.5 Å². The fourth-order valence-corrected chi connectivity index (χ4v) is 2.20. The highest BCUT2D eigenvalue weighted by Crippen LogP contribution is 2.27. The molecule has 0 heterocycles. The van der Waals surface area contributed by atoms with Gasteiger partial charge in [-0.1, -0.05) is 19.9 Å². The van der Waals surface area contributed by atoms with Crippen LogP contribution in [0.5, 0.6) is 11.5 Å². The first-order chi connectivity index (χ1) is 9.99. The van der Waals surface area contributed by atoms with Crippen LogP contribution >= 0.6 is 0 Å². The van der Waals surface area contributed by atoms with E-state index in [4.69, 9.17) is 9.47 Å². The molecule has 1 unspecified atom stereocenters. The molecular weight excluding hydrogens is 270 g/mol. The Labute approximate surface area is 126 Å². The van der Waals surface area contributed by atoms with Crippen molar-refractivity contribution in [2.75, 3.05) is 20.8 Å². The van der Waals surface area contributed by atoms with Gasteiger partial charge in [0.05, 0.1) is 33.3 Å². The molecule has 1 rings (SSSR count). The minimum atomic E-state index is -0.197. The summed E-state index contributed by atoms with van der Waals surface area (Å²) in [4.78, 5) is 12.0. The van der Waals surface area contributed by atoms with Crippen LogP contribution in [-0.4, -0.2) is 37.9 Å². The van der Waals surface area contributed by atoms with Crippen LogP contribution in [0.25, 0.3) is 0 Å². The molecule has 0 aromatic heterocycles. The van der Waals surface area contributed by atoms with Crippen molar-refractivity contribution >= 4 is 5.91 Å². The van der Waals surface area contributed by atoms with Gasteiger partial charge in [0.25, 0.3) is 0 Å². The number of carbonyl (C=O) groups excluding carboxylic acids is 1. The highest BCUT2D eigenvalue weighted by atomic mass is 16.5. The molecular formula is C16H25NO4. The molecule has 118 valence electrons. The lowest BCUT2D eigenvalue weighted by Crippen LogP contribution is -2.39. The zero-order valence-corrected chi connectivity index (χ0v) is 13.2. The van der Waals surface area contributed by atoms with E-state index >= 15 is 0 Å². The standard InChI is InChI=1S/C16H25NO4/c1-11(2)7-13(10-18)17-16(19)9-12-5-6-14(20-3)15(8-12)21-4/h5-6,8,11,13,18H,7,9-10H2,1-4H3,(H,17,19). The smallest absolute Gasteiger partial charge is 0.224 e. The van der Waals surface area contributed by atoms with Gasteiger partial charge in [-0.2, -0.15) is 0 Å². The van der Waals surface area contributed by atoms with Crippen molar-refractivity contribution < 1.29 is 19.4 Å². The number of hydrogen-bond acceptors (Lipinski definition) is 4. The maximum absolute atomic E-state index is 12.0. The number of carbonyl (C=O) groups is 1. The van der Waals surface area contributed by atoms with E-state index in [1.165, 1.54) is 0 Å². The molecule has 5 heteroatoms. The van der Waals surface area contributed by atoms with E-state index in [9.17, 15) is 9.90 Å². The lowest BCUT2D eigenvalue weighted by Gasteiger charge is -2.18. The number of ether oxygens (including phenoxy) is 2. The fraction of sp³-hybridized carbons (Fsp3) is 0.562. The van der Waals surface area contributed by atoms with Gasteiger partial charge < -0.3 is 19.9 Å². The number of benzene rings is 1. The van der Waals surface area contributed by atoms with Crippen molar-refractivity contribution in [2.24, 2.45) is 5.92 Å². The number of amides is 1. The first-order valence-corrected chi connectivity index (χ1v) is 7.11. The lowest BCUT2D eigenvalue weighted by molar-refractivity contribution is -0.121. The highest BCUT2D eigenvalue weighted by Gasteiger charge is 2.14. The average molecular weight is 295 g/mol. The van der Waals surface area contributed by atoms with Crippen LogP contribution in [0.15, 0.2) is 18.2 Å². The van der Waals surface area contributed by atoms with Crippen molar-refractivity contribution in [2.45, 2.75) is 32.7 Å². The minimum Gasteiger partial charge on any atom is -0.493 e. The van der Waals surface area contributed by atoms with Gasteiger partial charge in [-0.25, -0.2) is 0 Å². The van der Waals surface area contributed by atoms with Crippen LogP contribution in [0, 0.1) is 5.92 Å². The average Bonchev–Trinajstić information content (AvgIpc) is 2.45. The van der Waals surface area contributed by atoms with Crippen molar-refractivity contribution in [1.29, 1.82) is 0 Å². The Morgan fingerprint density at radius 1 is 1.24 bits per heavy atom. The summed E-state index contributed by atoms with van der Waals surface area (Å²) in [5.41, 5.74) is 0.839. The van der Waals surface area contributed by atoms with E-state index in [0.29, 0.717) is 17.4 Å². The van der Waals surface area contributed by atoms with Gasteiger partial charge in [0.2, 0.25) is 5.91 Å². The monoisotopic (exact) mass is 295 g/mol. The molecule has 0 saturated heterocycles. The Hall–Kier alpha value is -1.75. The summed E-state index contributed by atoms with van der Waals surface area (Å²) < 4.78 is 10.4. The highest BCUT2D eigenvalue weighted by molar-refractivity contribution is 5.79. The molecule has 0 aliphatic rings. The second kappa shape index (κ2) is 8.52. The molecule has 1 aromatic carbocycles. The van der Waals surface area contributed by atoms with Gasteiger partial charge in [-0.3, -0.25) is 4.79 Å². The third kappa shape index (κ3) is 5.63. The van der Waals surface area contributed by atoms with Crippen LogP contribution in [0.4, 0.5) is 0 Å². The fourth-order valence-electron chi connectivity index (χ4n) is 2.20. The number of hydrogen-bond donors (Lipinski definition) is 2. The largest absolute Gasteiger partial charge is 0.493 e. The number of rotatable bonds is 8. The topological polar surface area (TPSA) is 67.8 Å². The normalized spacial score (nSPS) is 12.1. The summed E-state index contributed by atoms with van der Waals surface area (Å²) in [6.45, 7) is 4.07. The second-order valence-electron chi connectivity index (χ2n) is 5.44. The van der Waals surface area contributed by atoms with E-state index in [-0.39, 0.29) is 25.0 Å². The molecule has 5 nitrogen and oxygen atoms in total. The molecule has 0 fully saturated rings. The van der Waals surface area contributed by atoms with Crippen LogP contribution in [0.3, 0.4) is 0 Å². The first-order valence-electron chi connectivity index (χ1n) is 7.11. The zero-order valence-electron chi connectivity index (χ0n) is 13.2. The van der Waals surface area contributed by atoms with Gasteiger partial charge in [0, 0.05) is 0 Å². The van der Waals surface area contributed by atoms with Gasteiger partial charge in [-0.05, 0) is 30.0 Å². The molecule has 0 radical (unpaired) electrons. The maximum atomic E-state index is 12.0. The Bertz CT molecular complexity index is 460. The third-order valence-corrected chi connectivity index (χ3v) is 3.15. The Morgan fingerprint density at radius 2 is 1.90 bits per heavy atom. The van der Waals surface area contributed by atoms with Gasteiger partial charge in [-0.15, -0.1) is 0 Å². The molecule has 1 amide bonds. The Balaban J connectivity index is 2.65. The third-order valence-electron chi connectivity index (χ3n) is 3.15. The maximum Gasteiger partial charge on any atom is 0.224 e. The molecule has 0 saturated carbocycles. The van der Waals surface area contributed by atoms with Gasteiger partial charge >= 0.3 is 0 Å². The molecule has 0 aliphatic heterocycles. The van der Waals surface area contributed by atoms with Crippen molar-refractivity contribution in [3.63, 3.8) is 0 Å². The Kier molecular flexibility index (Phi) is 7.02. The summed E-state index contributed by atoms with van der Waals surface area (Å²) in [6.07, 6.45) is 1.00. The zero-order chi connectivity index (χ0) is 15.8. The van der Waals surface area contributed by atoms with Crippen LogP contribution in [-0.2, 0) is 11.2 Å². The molecule has 0 spiro atoms. The summed E-state index contributed by atoms with van der Waals surface area (Å²) in [5, 5.41) is 12.1. The summed E-state index contributed by atoms with van der Waals surface area (Å²) in [6, 6.07) is 5.20. The number of aliphatic hydroxyl groups is 1. The lowest BCUT2D eigenvalue weighted by atomic mass is 10.0. The number of aliphatic hydroxyl groups excluding tert-OH is 1. The molecule has 1 aromatic rings. The van der Waals surface area contributed by atoms with Crippen molar-refractivity contribution in [1.82, 2.24) is 5.32 Å². The van der Waals surface area contributed by atoms with E-state index < -0.39 is 0 Å². The second-order valence-corrected chi connectivity index (χ2v) is 5.44. The van der Waals surface area contributed by atoms with Crippen LogP contribution in [0.1, 0.15) is 25.8 Å². The minimum absolute atomic E-state index is 0.0458. The predicted octanol–water partition coefficient (Wildman–Crippen LogP) is 1.77. The number of methoxy groups -OCH3 is 2. The SMILES string of the molecule is COc1ccc(CC(=O)NC(CO)CC(C)C)cc1OC. The van der Waals surface area contributed by atoms with Crippen molar-refractivity contribution in [3.05, 3.63) is 23.8 Å². The molecule has 21 heavy (non-hydrogen) atoms. The molecule has 2 N–H and O–H groups in total. The Morgan fingerprint density at radius 3 is 2.43 bits per heavy atom. The van der Waals surface area contributed by atoms with E-state index in [2.05, 4.69) is 19.2 Å². The summed E-state index contributed by atoms with van der Waals surface area (Å²) in [5.74, 6) is 1.55. The predicted molar refractivity (Wildman–Crippen MR) is 81.7 cm³/mol. The van der Waals surface area contributed by atoms with Gasteiger partial charge in [0.1, 0.15) is 0 Å². The molecule has 0 bridgehead atoms. The quantitative estimate of drug-likeness (QED) is 0.767. The summed E-state index contributed by atoms with van der Waals surface area (Å²) in [7, 11) is 3.13. The first kappa shape index (κ1) is 17.3. The molecule has 1 atom stereocenters. The van der Waals surface area contributed by atoms with Crippen LogP contribution < -0.4 is 14.8 Å². The van der Waals surface area contributed by atoms with E-state index in [1.807, 2.05) is 6.07 Å².